The molecule has 0 aliphatic carbocycles. The van der Waals surface area contributed by atoms with E-state index in [1.165, 1.54) is 7.11 Å². The minimum absolute atomic E-state index is 0.130. The van der Waals surface area contributed by atoms with Gasteiger partial charge in [0.1, 0.15) is 12.4 Å². The molecule has 29 heavy (non-hydrogen) atoms. The second kappa shape index (κ2) is 10.1. The van der Waals surface area contributed by atoms with Crippen LogP contribution in [-0.4, -0.2) is 38.9 Å². The number of carbonyl (C=O) groups excluding carboxylic acids is 2. The van der Waals surface area contributed by atoms with Crippen molar-refractivity contribution < 1.29 is 23.8 Å². The minimum atomic E-state index is -0.592. The Labute approximate surface area is 168 Å². The van der Waals surface area contributed by atoms with Crippen molar-refractivity contribution in [3.05, 3.63) is 66.7 Å². The molecule has 2 N–H and O–H groups in total. The second-order valence-corrected chi connectivity index (χ2v) is 6.18. The molecule has 0 radical (unpaired) electrons. The molecule has 0 saturated heterocycles. The van der Waals surface area contributed by atoms with Crippen LogP contribution < -0.4 is 15.4 Å². The lowest BCUT2D eigenvalue weighted by molar-refractivity contribution is -0.118. The number of rotatable bonds is 8. The molecule has 0 fully saturated rings. The Kier molecular flexibility index (Phi) is 7.02. The first kappa shape index (κ1) is 20.2. The fourth-order valence-corrected chi connectivity index (χ4v) is 2.65. The first-order chi connectivity index (χ1) is 14.1. The fourth-order valence-electron chi connectivity index (χ4n) is 2.65. The highest BCUT2D eigenvalue weighted by Gasteiger charge is 2.07. The Morgan fingerprint density at radius 2 is 1.59 bits per heavy atom. The minimum Gasteiger partial charge on any atom is -0.484 e. The third-order valence-electron chi connectivity index (χ3n) is 4.00. The highest BCUT2D eigenvalue weighted by Crippen LogP contribution is 2.21. The van der Waals surface area contributed by atoms with Crippen LogP contribution in [0.25, 0.3) is 10.8 Å². The zero-order valence-electron chi connectivity index (χ0n) is 16.0. The van der Waals surface area contributed by atoms with E-state index in [1.54, 1.807) is 24.3 Å². The molecule has 0 spiro atoms. The summed E-state index contributed by atoms with van der Waals surface area (Å²) in [7, 11) is 1.52. The molecule has 0 aliphatic heterocycles. The summed E-state index contributed by atoms with van der Waals surface area (Å²) in [6, 6.07) is 20.3. The standard InChI is InChI=1S/C22H22N2O5/c1-27-11-12-28-22(26)24-19-8-4-7-18(14-19)23-21(25)15-29-20-10-9-16-5-2-3-6-17(16)13-20/h2-10,13-14H,11-12,15H2,1H3,(H,23,25)(H,24,26). The van der Waals surface area contributed by atoms with E-state index in [4.69, 9.17) is 14.2 Å². The van der Waals surface area contributed by atoms with Crippen molar-refractivity contribution in [2.75, 3.05) is 37.6 Å². The van der Waals surface area contributed by atoms with Gasteiger partial charge in [-0.25, -0.2) is 4.79 Å². The summed E-state index contributed by atoms with van der Waals surface area (Å²) in [5, 5.41) is 7.48. The van der Waals surface area contributed by atoms with Gasteiger partial charge in [0.15, 0.2) is 6.61 Å². The number of anilines is 2. The quantitative estimate of drug-likeness (QED) is 0.563. The predicted octanol–water partition coefficient (Wildman–Crippen LogP) is 4.05. The molecule has 3 aromatic carbocycles. The number of ether oxygens (including phenoxy) is 3. The molecule has 7 heteroatoms. The van der Waals surface area contributed by atoms with Crippen LogP contribution in [0.4, 0.5) is 16.2 Å². The molecule has 3 aromatic rings. The topological polar surface area (TPSA) is 85.9 Å². The van der Waals surface area contributed by atoms with Gasteiger partial charge in [0, 0.05) is 18.5 Å². The Balaban J connectivity index is 1.51. The fraction of sp³-hybridized carbons (Fsp3) is 0.182. The van der Waals surface area contributed by atoms with Crippen molar-refractivity contribution in [1.29, 1.82) is 0 Å². The third kappa shape index (κ3) is 6.22. The lowest BCUT2D eigenvalue weighted by Crippen LogP contribution is -2.20. The van der Waals surface area contributed by atoms with E-state index in [1.807, 2.05) is 42.5 Å². The molecule has 2 amide bonds. The van der Waals surface area contributed by atoms with Crippen LogP contribution in [0.2, 0.25) is 0 Å². The van der Waals surface area contributed by atoms with Crippen LogP contribution in [0, 0.1) is 0 Å². The molecule has 0 aromatic heterocycles. The first-order valence-corrected chi connectivity index (χ1v) is 9.08. The van der Waals surface area contributed by atoms with E-state index in [-0.39, 0.29) is 19.1 Å². The number of hydrogen-bond acceptors (Lipinski definition) is 5. The van der Waals surface area contributed by atoms with Gasteiger partial charge in [0.2, 0.25) is 0 Å². The summed E-state index contributed by atoms with van der Waals surface area (Å²) >= 11 is 0. The molecular weight excluding hydrogens is 372 g/mol. The van der Waals surface area contributed by atoms with Gasteiger partial charge in [-0.05, 0) is 41.1 Å². The molecular formula is C22H22N2O5. The summed E-state index contributed by atoms with van der Waals surface area (Å²) in [5.74, 6) is 0.311. The van der Waals surface area contributed by atoms with Crippen molar-refractivity contribution in [3.63, 3.8) is 0 Å². The summed E-state index contributed by atoms with van der Waals surface area (Å²) in [6.07, 6.45) is -0.592. The monoisotopic (exact) mass is 394 g/mol. The molecule has 0 unspecified atom stereocenters. The number of amides is 2. The second-order valence-electron chi connectivity index (χ2n) is 6.18. The number of benzene rings is 3. The largest absolute Gasteiger partial charge is 0.484 e. The number of carbonyl (C=O) groups is 2. The Morgan fingerprint density at radius 1 is 0.828 bits per heavy atom. The molecule has 0 bridgehead atoms. The van der Waals surface area contributed by atoms with Gasteiger partial charge in [-0.2, -0.15) is 0 Å². The molecule has 0 saturated carbocycles. The van der Waals surface area contributed by atoms with Crippen molar-refractivity contribution in [2.45, 2.75) is 0 Å². The third-order valence-corrected chi connectivity index (χ3v) is 4.00. The van der Waals surface area contributed by atoms with Crippen molar-refractivity contribution >= 4 is 34.1 Å². The van der Waals surface area contributed by atoms with E-state index in [0.717, 1.165) is 10.8 Å². The normalized spacial score (nSPS) is 10.4. The predicted molar refractivity (Wildman–Crippen MR) is 111 cm³/mol. The molecule has 3 rings (SSSR count). The lowest BCUT2D eigenvalue weighted by atomic mass is 10.1. The van der Waals surface area contributed by atoms with E-state index < -0.39 is 6.09 Å². The van der Waals surface area contributed by atoms with Gasteiger partial charge in [-0.3, -0.25) is 10.1 Å². The zero-order valence-corrected chi connectivity index (χ0v) is 16.0. The Bertz CT molecular complexity index is 990. The summed E-state index contributed by atoms with van der Waals surface area (Å²) in [5.41, 5.74) is 1.03. The number of methoxy groups -OCH3 is 1. The smallest absolute Gasteiger partial charge is 0.411 e. The van der Waals surface area contributed by atoms with Crippen molar-refractivity contribution in [3.8, 4) is 5.75 Å². The highest BCUT2D eigenvalue weighted by molar-refractivity contribution is 5.93. The van der Waals surface area contributed by atoms with Crippen molar-refractivity contribution in [1.82, 2.24) is 0 Å². The molecule has 0 atom stereocenters. The van der Waals surface area contributed by atoms with Gasteiger partial charge in [-0.15, -0.1) is 0 Å². The molecule has 150 valence electrons. The maximum absolute atomic E-state index is 12.2. The molecule has 7 nitrogen and oxygen atoms in total. The van der Waals surface area contributed by atoms with E-state index in [0.29, 0.717) is 23.7 Å². The molecule has 0 heterocycles. The van der Waals surface area contributed by atoms with E-state index in [2.05, 4.69) is 10.6 Å². The first-order valence-electron chi connectivity index (χ1n) is 9.08. The van der Waals surface area contributed by atoms with Gasteiger partial charge >= 0.3 is 6.09 Å². The van der Waals surface area contributed by atoms with Crippen LogP contribution >= 0.6 is 0 Å². The number of hydrogen-bond donors (Lipinski definition) is 2. The lowest BCUT2D eigenvalue weighted by Gasteiger charge is -2.10. The molecule has 0 aliphatic rings. The highest BCUT2D eigenvalue weighted by atomic mass is 16.6. The van der Waals surface area contributed by atoms with Gasteiger partial charge in [-0.1, -0.05) is 36.4 Å². The summed E-state index contributed by atoms with van der Waals surface area (Å²) in [4.78, 5) is 23.9. The van der Waals surface area contributed by atoms with Crippen LogP contribution in [0.5, 0.6) is 5.75 Å². The summed E-state index contributed by atoms with van der Waals surface area (Å²) in [6.45, 7) is 0.348. The van der Waals surface area contributed by atoms with Crippen LogP contribution in [0.15, 0.2) is 66.7 Å². The Morgan fingerprint density at radius 3 is 2.38 bits per heavy atom. The maximum Gasteiger partial charge on any atom is 0.411 e. The van der Waals surface area contributed by atoms with Crippen molar-refractivity contribution in [2.24, 2.45) is 0 Å². The average molecular weight is 394 g/mol. The Hall–Kier alpha value is -3.58. The van der Waals surface area contributed by atoms with Crippen LogP contribution in [0.1, 0.15) is 0 Å². The summed E-state index contributed by atoms with van der Waals surface area (Å²) < 4.78 is 15.3. The van der Waals surface area contributed by atoms with Gasteiger partial charge in [0.25, 0.3) is 5.91 Å². The van der Waals surface area contributed by atoms with Crippen LogP contribution in [-0.2, 0) is 14.3 Å². The SMILES string of the molecule is COCCOC(=O)Nc1cccc(NC(=O)COc2ccc3ccccc3c2)c1. The maximum atomic E-state index is 12.2. The number of fused-ring (bicyclic) bond motifs is 1. The van der Waals surface area contributed by atoms with Crippen LogP contribution in [0.3, 0.4) is 0 Å². The average Bonchev–Trinajstić information content (AvgIpc) is 2.72. The number of nitrogens with one attached hydrogen (secondary N) is 2. The zero-order chi connectivity index (χ0) is 20.5. The van der Waals surface area contributed by atoms with Gasteiger partial charge < -0.3 is 19.5 Å². The van der Waals surface area contributed by atoms with E-state index in [9.17, 15) is 9.59 Å². The van der Waals surface area contributed by atoms with Gasteiger partial charge in [0.05, 0.1) is 6.61 Å². The van der Waals surface area contributed by atoms with E-state index >= 15 is 0 Å².